The van der Waals surface area contributed by atoms with Gasteiger partial charge in [0.2, 0.25) is 0 Å². The predicted octanol–water partition coefficient (Wildman–Crippen LogP) is 4.01. The number of hydrogen-bond acceptors (Lipinski definition) is 2. The molecule has 1 saturated heterocycles. The maximum absolute atomic E-state index is 6.11. The Bertz CT molecular complexity index is 424. The zero-order chi connectivity index (χ0) is 15.4. The van der Waals surface area contributed by atoms with Crippen LogP contribution < -0.4 is 5.73 Å². The fourth-order valence-corrected chi connectivity index (χ4v) is 3.70. The van der Waals surface area contributed by atoms with Crippen molar-refractivity contribution >= 4 is 0 Å². The molecule has 118 valence electrons. The highest BCUT2D eigenvalue weighted by Crippen LogP contribution is 2.30. The van der Waals surface area contributed by atoms with Crippen molar-refractivity contribution in [1.82, 2.24) is 4.90 Å². The van der Waals surface area contributed by atoms with E-state index in [9.17, 15) is 0 Å². The Hall–Kier alpha value is -0.860. The maximum Gasteiger partial charge on any atom is 0.0473 e. The smallest absolute Gasteiger partial charge is 0.0473 e. The lowest BCUT2D eigenvalue weighted by Gasteiger charge is -2.41. The highest BCUT2D eigenvalue weighted by Gasteiger charge is 2.28. The Morgan fingerprint density at radius 1 is 1.19 bits per heavy atom. The van der Waals surface area contributed by atoms with Crippen LogP contribution in [0.3, 0.4) is 0 Å². The number of benzene rings is 1. The Kier molecular flexibility index (Phi) is 5.83. The lowest BCUT2D eigenvalue weighted by Crippen LogP contribution is -2.44. The molecule has 0 spiro atoms. The molecule has 1 heterocycles. The summed E-state index contributed by atoms with van der Waals surface area (Å²) in [6.07, 6.45) is 3.75. The number of piperidine rings is 1. The van der Waals surface area contributed by atoms with Gasteiger partial charge in [0.15, 0.2) is 0 Å². The van der Waals surface area contributed by atoms with E-state index in [0.717, 1.165) is 12.3 Å². The molecule has 3 atom stereocenters. The molecule has 2 rings (SSSR count). The first kappa shape index (κ1) is 16.5. The highest BCUT2D eigenvalue weighted by atomic mass is 15.2. The van der Waals surface area contributed by atoms with Gasteiger partial charge in [-0.15, -0.1) is 0 Å². The van der Waals surface area contributed by atoms with Crippen molar-refractivity contribution in [2.75, 3.05) is 13.1 Å². The highest BCUT2D eigenvalue weighted by molar-refractivity contribution is 5.26. The molecular weight excluding hydrogens is 256 g/mol. The van der Waals surface area contributed by atoms with Crippen molar-refractivity contribution < 1.29 is 0 Å². The van der Waals surface area contributed by atoms with Gasteiger partial charge < -0.3 is 5.73 Å². The van der Waals surface area contributed by atoms with Crippen molar-refractivity contribution in [2.45, 2.75) is 59.0 Å². The predicted molar refractivity (Wildman–Crippen MR) is 91.3 cm³/mol. The van der Waals surface area contributed by atoms with Crippen molar-refractivity contribution in [1.29, 1.82) is 0 Å². The Morgan fingerprint density at radius 3 is 2.38 bits per heavy atom. The molecule has 21 heavy (non-hydrogen) atoms. The molecule has 1 fully saturated rings. The van der Waals surface area contributed by atoms with Crippen molar-refractivity contribution in [2.24, 2.45) is 17.6 Å². The van der Waals surface area contributed by atoms with Gasteiger partial charge >= 0.3 is 0 Å². The monoisotopic (exact) mass is 288 g/mol. The van der Waals surface area contributed by atoms with E-state index in [-0.39, 0.29) is 0 Å². The molecule has 0 aliphatic carbocycles. The molecule has 2 nitrogen and oxygen atoms in total. The van der Waals surface area contributed by atoms with Crippen LogP contribution in [-0.4, -0.2) is 24.0 Å². The summed E-state index contributed by atoms with van der Waals surface area (Å²) in [6, 6.07) is 10.2. The van der Waals surface area contributed by atoms with Gasteiger partial charge in [-0.25, -0.2) is 0 Å². The van der Waals surface area contributed by atoms with Crippen LogP contribution in [0.5, 0.6) is 0 Å². The maximum atomic E-state index is 6.11. The van der Waals surface area contributed by atoms with Crippen LogP contribution in [0.1, 0.15) is 57.7 Å². The second-order valence-corrected chi connectivity index (χ2v) is 7.31. The average Bonchev–Trinajstić information content (AvgIpc) is 2.43. The third-order valence-corrected chi connectivity index (χ3v) is 4.82. The van der Waals surface area contributed by atoms with Gasteiger partial charge in [-0.3, -0.25) is 4.90 Å². The lowest BCUT2D eigenvalue weighted by atomic mass is 9.90. The second kappa shape index (κ2) is 7.42. The molecule has 2 N–H and O–H groups in total. The number of nitrogens with zero attached hydrogens (tertiary/aromatic N) is 1. The molecular formula is C19H32N2. The van der Waals surface area contributed by atoms with Crippen LogP contribution in [0.15, 0.2) is 24.3 Å². The minimum atomic E-state index is 0.376. The van der Waals surface area contributed by atoms with Gasteiger partial charge in [0.05, 0.1) is 0 Å². The van der Waals surface area contributed by atoms with Crippen LogP contribution in [0.25, 0.3) is 0 Å². The number of hydrogen-bond donors (Lipinski definition) is 1. The summed E-state index contributed by atoms with van der Waals surface area (Å²) < 4.78 is 0. The number of nitrogens with two attached hydrogens (primary N) is 1. The van der Waals surface area contributed by atoms with Crippen LogP contribution >= 0.6 is 0 Å². The fraction of sp³-hybridized carbons (Fsp3) is 0.684. The van der Waals surface area contributed by atoms with E-state index in [2.05, 4.69) is 56.9 Å². The van der Waals surface area contributed by atoms with Crippen LogP contribution in [0.4, 0.5) is 0 Å². The van der Waals surface area contributed by atoms with E-state index in [1.165, 1.54) is 30.5 Å². The van der Waals surface area contributed by atoms with Gasteiger partial charge in [-0.05, 0) is 55.7 Å². The second-order valence-electron chi connectivity index (χ2n) is 7.31. The summed E-state index contributed by atoms with van der Waals surface area (Å²) in [6.45, 7) is 11.2. The number of likely N-dealkylation sites (tertiary alicyclic amines) is 1. The van der Waals surface area contributed by atoms with Gasteiger partial charge in [-0.1, -0.05) is 45.0 Å². The third kappa shape index (κ3) is 4.31. The summed E-state index contributed by atoms with van der Waals surface area (Å²) in [5.74, 6) is 1.56. The minimum Gasteiger partial charge on any atom is -0.329 e. The lowest BCUT2D eigenvalue weighted by molar-refractivity contribution is 0.0847. The summed E-state index contributed by atoms with van der Waals surface area (Å²) in [4.78, 5) is 2.61. The normalized spacial score (nSPS) is 25.2. The van der Waals surface area contributed by atoms with Gasteiger partial charge in [0.1, 0.15) is 0 Å². The van der Waals surface area contributed by atoms with Gasteiger partial charge in [-0.2, -0.15) is 0 Å². The fourth-order valence-electron chi connectivity index (χ4n) is 3.70. The van der Waals surface area contributed by atoms with Crippen LogP contribution in [-0.2, 0) is 6.42 Å². The zero-order valence-corrected chi connectivity index (χ0v) is 14.2. The number of rotatable bonds is 5. The van der Waals surface area contributed by atoms with E-state index in [1.54, 1.807) is 0 Å². The topological polar surface area (TPSA) is 29.3 Å². The third-order valence-electron chi connectivity index (χ3n) is 4.82. The largest absolute Gasteiger partial charge is 0.329 e. The van der Waals surface area contributed by atoms with Crippen LogP contribution in [0.2, 0.25) is 0 Å². The molecule has 1 aliphatic rings. The molecule has 0 amide bonds. The summed E-state index contributed by atoms with van der Waals surface area (Å²) in [7, 11) is 0. The van der Waals surface area contributed by atoms with Crippen molar-refractivity contribution in [3.63, 3.8) is 0 Å². The SMILES string of the molecule is CC(C)Cc1ccc(C(CN)N2CCC(C)CC2C)cc1. The van der Waals surface area contributed by atoms with E-state index < -0.39 is 0 Å². The standard InChI is InChI=1S/C19H32N2/c1-14(2)11-17-5-7-18(8-6-17)19(13-20)21-10-9-15(3)12-16(21)4/h5-8,14-16,19H,9-13,20H2,1-4H3. The molecule has 1 aromatic rings. The zero-order valence-electron chi connectivity index (χ0n) is 14.2. The quantitative estimate of drug-likeness (QED) is 0.887. The minimum absolute atomic E-state index is 0.376. The van der Waals surface area contributed by atoms with E-state index in [4.69, 9.17) is 5.73 Å². The molecule has 0 saturated carbocycles. The molecule has 0 radical (unpaired) electrons. The summed E-state index contributed by atoms with van der Waals surface area (Å²) >= 11 is 0. The first-order valence-electron chi connectivity index (χ1n) is 8.56. The Balaban J connectivity index is 2.10. The Labute approximate surface area is 130 Å². The summed E-state index contributed by atoms with van der Waals surface area (Å²) in [5, 5.41) is 0. The van der Waals surface area contributed by atoms with Crippen LogP contribution in [0, 0.1) is 11.8 Å². The van der Waals surface area contributed by atoms with Gasteiger partial charge in [0, 0.05) is 18.6 Å². The van der Waals surface area contributed by atoms with E-state index >= 15 is 0 Å². The molecule has 2 heteroatoms. The van der Waals surface area contributed by atoms with E-state index in [0.29, 0.717) is 24.5 Å². The molecule has 1 aliphatic heterocycles. The Morgan fingerprint density at radius 2 is 1.86 bits per heavy atom. The van der Waals surface area contributed by atoms with Gasteiger partial charge in [0.25, 0.3) is 0 Å². The van der Waals surface area contributed by atoms with Crippen molar-refractivity contribution in [3.8, 4) is 0 Å². The average molecular weight is 288 g/mol. The first-order chi connectivity index (χ1) is 10.0. The molecule has 1 aromatic carbocycles. The first-order valence-corrected chi connectivity index (χ1v) is 8.56. The van der Waals surface area contributed by atoms with Crippen molar-refractivity contribution in [3.05, 3.63) is 35.4 Å². The molecule has 3 unspecified atom stereocenters. The summed E-state index contributed by atoms with van der Waals surface area (Å²) in [5.41, 5.74) is 8.93. The van der Waals surface area contributed by atoms with E-state index in [1.807, 2.05) is 0 Å². The molecule has 0 bridgehead atoms. The molecule has 0 aromatic heterocycles.